The van der Waals surface area contributed by atoms with Crippen molar-refractivity contribution >= 4 is 0 Å². The molecule has 3 nitrogen and oxygen atoms in total. The largest absolute Gasteiger partial charge is 0.382 e. The monoisotopic (exact) mass is 182 g/mol. The molecule has 0 spiro atoms. The van der Waals surface area contributed by atoms with E-state index in [0.717, 1.165) is 0 Å². The number of aromatic nitrogens is 2. The van der Waals surface area contributed by atoms with E-state index >= 15 is 0 Å². The van der Waals surface area contributed by atoms with Gasteiger partial charge < -0.3 is 9.67 Å². The Hall–Kier alpha value is -0.830. The van der Waals surface area contributed by atoms with Crippen LogP contribution < -0.4 is 0 Å². The minimum Gasteiger partial charge on any atom is -0.382 e. The molecule has 1 rings (SSSR count). The zero-order valence-corrected chi connectivity index (χ0v) is 9.00. The third-order valence-electron chi connectivity index (χ3n) is 2.72. The molecule has 0 aliphatic rings. The molecule has 0 bridgehead atoms. The average molecular weight is 182 g/mol. The van der Waals surface area contributed by atoms with E-state index in [9.17, 15) is 5.11 Å². The van der Waals surface area contributed by atoms with Gasteiger partial charge in [0.05, 0.1) is 0 Å². The highest BCUT2D eigenvalue weighted by Gasteiger charge is 2.39. The summed E-state index contributed by atoms with van der Waals surface area (Å²) in [6.07, 6.45) is 3.55. The molecule has 0 saturated heterocycles. The molecule has 0 radical (unpaired) electrons. The van der Waals surface area contributed by atoms with Crippen LogP contribution in [0.5, 0.6) is 0 Å². The summed E-state index contributed by atoms with van der Waals surface area (Å²) in [7, 11) is 1.89. The predicted octanol–water partition coefficient (Wildman–Crippen LogP) is 1.67. The van der Waals surface area contributed by atoms with Gasteiger partial charge in [0.15, 0.2) is 0 Å². The number of imidazole rings is 1. The van der Waals surface area contributed by atoms with E-state index in [-0.39, 0.29) is 5.41 Å². The van der Waals surface area contributed by atoms with Gasteiger partial charge in [0.2, 0.25) is 0 Å². The van der Waals surface area contributed by atoms with Crippen LogP contribution in [-0.4, -0.2) is 14.7 Å². The number of hydrogen-bond donors (Lipinski definition) is 1. The molecule has 1 aromatic heterocycles. The van der Waals surface area contributed by atoms with Gasteiger partial charge in [0.1, 0.15) is 11.4 Å². The van der Waals surface area contributed by atoms with Crippen molar-refractivity contribution in [3.63, 3.8) is 0 Å². The second-order valence-corrected chi connectivity index (χ2v) is 4.68. The fraction of sp³-hybridized carbons (Fsp3) is 0.700. The summed E-state index contributed by atoms with van der Waals surface area (Å²) in [5, 5.41) is 10.3. The van der Waals surface area contributed by atoms with E-state index in [1.807, 2.05) is 38.6 Å². The first-order chi connectivity index (χ1) is 5.77. The molecule has 0 aliphatic carbocycles. The summed E-state index contributed by atoms with van der Waals surface area (Å²) in [4.78, 5) is 4.17. The molecule has 3 heteroatoms. The number of rotatable bonds is 1. The highest BCUT2D eigenvalue weighted by molar-refractivity contribution is 5.07. The minimum atomic E-state index is -0.898. The molecule has 1 heterocycles. The molecule has 0 fully saturated rings. The van der Waals surface area contributed by atoms with Crippen molar-refractivity contribution in [1.82, 2.24) is 9.55 Å². The Morgan fingerprint density at radius 1 is 1.31 bits per heavy atom. The summed E-state index contributed by atoms with van der Waals surface area (Å²) in [6, 6.07) is 0. The Bertz CT molecular complexity index is 294. The third kappa shape index (κ3) is 1.61. The number of aryl methyl sites for hydroxylation is 1. The van der Waals surface area contributed by atoms with Gasteiger partial charge in [0.25, 0.3) is 0 Å². The topological polar surface area (TPSA) is 38.0 Å². The Kier molecular flexibility index (Phi) is 2.24. The van der Waals surface area contributed by atoms with Gasteiger partial charge in [-0.2, -0.15) is 0 Å². The lowest BCUT2D eigenvalue weighted by Crippen LogP contribution is -2.39. The van der Waals surface area contributed by atoms with Crippen molar-refractivity contribution < 1.29 is 5.11 Å². The van der Waals surface area contributed by atoms with Gasteiger partial charge in [-0.05, 0) is 12.3 Å². The van der Waals surface area contributed by atoms with Crippen LogP contribution in [0.3, 0.4) is 0 Å². The van der Waals surface area contributed by atoms with Crippen LogP contribution in [0.25, 0.3) is 0 Å². The lowest BCUT2D eigenvalue weighted by Gasteiger charge is -2.36. The number of aliphatic hydroxyl groups is 1. The number of hydrogen-bond acceptors (Lipinski definition) is 2. The molecule has 1 atom stereocenters. The van der Waals surface area contributed by atoms with Crippen molar-refractivity contribution in [3.05, 3.63) is 18.2 Å². The quantitative estimate of drug-likeness (QED) is 0.717. The molecule has 1 N–H and O–H groups in total. The van der Waals surface area contributed by atoms with Gasteiger partial charge >= 0.3 is 0 Å². The van der Waals surface area contributed by atoms with Gasteiger partial charge in [-0.1, -0.05) is 20.8 Å². The molecule has 0 amide bonds. The summed E-state index contributed by atoms with van der Waals surface area (Å²) in [6.45, 7) is 7.81. The molecular formula is C10H18N2O. The molecule has 0 aromatic carbocycles. The first-order valence-electron chi connectivity index (χ1n) is 4.47. The minimum absolute atomic E-state index is 0.216. The van der Waals surface area contributed by atoms with Crippen LogP contribution in [-0.2, 0) is 12.6 Å². The second kappa shape index (κ2) is 2.84. The van der Waals surface area contributed by atoms with Gasteiger partial charge in [0, 0.05) is 19.4 Å². The first-order valence-corrected chi connectivity index (χ1v) is 4.47. The highest BCUT2D eigenvalue weighted by atomic mass is 16.3. The van der Waals surface area contributed by atoms with Crippen molar-refractivity contribution in [2.24, 2.45) is 12.5 Å². The lowest BCUT2D eigenvalue weighted by atomic mass is 9.77. The van der Waals surface area contributed by atoms with Crippen LogP contribution >= 0.6 is 0 Å². The fourth-order valence-corrected chi connectivity index (χ4v) is 1.17. The smallest absolute Gasteiger partial charge is 0.140 e. The van der Waals surface area contributed by atoms with Crippen molar-refractivity contribution in [1.29, 1.82) is 0 Å². The van der Waals surface area contributed by atoms with E-state index in [1.165, 1.54) is 0 Å². The van der Waals surface area contributed by atoms with E-state index in [4.69, 9.17) is 0 Å². The van der Waals surface area contributed by atoms with Gasteiger partial charge in [-0.3, -0.25) is 0 Å². The molecular weight excluding hydrogens is 164 g/mol. The second-order valence-electron chi connectivity index (χ2n) is 4.68. The van der Waals surface area contributed by atoms with Gasteiger partial charge in [-0.15, -0.1) is 0 Å². The molecule has 13 heavy (non-hydrogen) atoms. The summed E-state index contributed by atoms with van der Waals surface area (Å²) in [5.74, 6) is 0.708. The van der Waals surface area contributed by atoms with E-state index in [2.05, 4.69) is 4.98 Å². The normalized spacial score (nSPS) is 17.1. The highest BCUT2D eigenvalue weighted by Crippen LogP contribution is 2.37. The first kappa shape index (κ1) is 10.3. The van der Waals surface area contributed by atoms with Crippen molar-refractivity contribution in [2.75, 3.05) is 0 Å². The van der Waals surface area contributed by atoms with Crippen LogP contribution in [0.15, 0.2) is 12.4 Å². The van der Waals surface area contributed by atoms with Crippen molar-refractivity contribution in [2.45, 2.75) is 33.3 Å². The van der Waals surface area contributed by atoms with Crippen LogP contribution in [0.2, 0.25) is 0 Å². The van der Waals surface area contributed by atoms with E-state index in [1.54, 1.807) is 13.1 Å². The predicted molar refractivity (Wildman–Crippen MR) is 52.2 cm³/mol. The Labute approximate surface area is 79.4 Å². The summed E-state index contributed by atoms with van der Waals surface area (Å²) < 4.78 is 1.85. The zero-order chi connectivity index (χ0) is 10.3. The van der Waals surface area contributed by atoms with E-state index in [0.29, 0.717) is 5.82 Å². The molecule has 1 aromatic rings. The maximum Gasteiger partial charge on any atom is 0.140 e. The SMILES string of the molecule is Cn1ccnc1C(C)(O)C(C)(C)C. The maximum atomic E-state index is 10.3. The third-order valence-corrected chi connectivity index (χ3v) is 2.72. The van der Waals surface area contributed by atoms with Crippen molar-refractivity contribution in [3.8, 4) is 0 Å². The van der Waals surface area contributed by atoms with Crippen LogP contribution in [0.4, 0.5) is 0 Å². The van der Waals surface area contributed by atoms with E-state index < -0.39 is 5.60 Å². The fourth-order valence-electron chi connectivity index (χ4n) is 1.17. The lowest BCUT2D eigenvalue weighted by molar-refractivity contribution is -0.0565. The summed E-state index contributed by atoms with van der Waals surface area (Å²) in [5.41, 5.74) is -1.11. The molecule has 1 unspecified atom stereocenters. The molecule has 0 saturated carbocycles. The standard InChI is InChI=1S/C10H18N2O/c1-9(2,3)10(4,13)8-11-6-7-12(8)5/h6-7,13H,1-5H3. The summed E-state index contributed by atoms with van der Waals surface area (Å²) >= 11 is 0. The van der Waals surface area contributed by atoms with Gasteiger partial charge in [-0.25, -0.2) is 4.98 Å². The van der Waals surface area contributed by atoms with Crippen LogP contribution in [0, 0.1) is 5.41 Å². The zero-order valence-electron chi connectivity index (χ0n) is 9.00. The number of nitrogens with zero attached hydrogens (tertiary/aromatic N) is 2. The Balaban J connectivity index is 3.15. The molecule has 74 valence electrons. The van der Waals surface area contributed by atoms with Crippen LogP contribution in [0.1, 0.15) is 33.5 Å². The Morgan fingerprint density at radius 2 is 1.85 bits per heavy atom. The average Bonchev–Trinajstić information content (AvgIpc) is 2.32. The Morgan fingerprint density at radius 3 is 2.15 bits per heavy atom. The molecule has 0 aliphatic heterocycles. The maximum absolute atomic E-state index is 10.3.